The summed E-state index contributed by atoms with van der Waals surface area (Å²) in [5.41, 5.74) is 2.80. The van der Waals surface area contributed by atoms with Crippen LogP contribution in [0, 0.1) is 12.8 Å². The molecule has 3 rings (SSSR count). The first-order valence-corrected chi connectivity index (χ1v) is 14.7. The maximum absolute atomic E-state index is 13.9. The number of halogens is 1. The highest BCUT2D eigenvalue weighted by Gasteiger charge is 2.33. The summed E-state index contributed by atoms with van der Waals surface area (Å²) < 4.78 is 27.4. The number of rotatable bonds is 12. The number of hydrogen-bond donors (Lipinski definition) is 1. The fourth-order valence-electron chi connectivity index (χ4n) is 4.02. The Morgan fingerprint density at radius 2 is 1.51 bits per heavy atom. The van der Waals surface area contributed by atoms with E-state index >= 15 is 0 Å². The largest absolute Gasteiger partial charge is 0.354 e. The van der Waals surface area contributed by atoms with Crippen LogP contribution in [-0.2, 0) is 32.6 Å². The highest BCUT2D eigenvalue weighted by atomic mass is 35.5. The Morgan fingerprint density at radius 3 is 2.10 bits per heavy atom. The molecule has 0 radical (unpaired) electrons. The highest BCUT2D eigenvalue weighted by Crippen LogP contribution is 2.20. The van der Waals surface area contributed by atoms with Gasteiger partial charge >= 0.3 is 0 Å². The van der Waals surface area contributed by atoms with E-state index in [9.17, 15) is 18.0 Å². The number of sulfonamides is 1. The van der Waals surface area contributed by atoms with Crippen molar-refractivity contribution in [1.29, 1.82) is 0 Å². The van der Waals surface area contributed by atoms with Crippen LogP contribution < -0.4 is 5.32 Å². The Morgan fingerprint density at radius 1 is 0.897 bits per heavy atom. The molecule has 0 aliphatic rings. The second-order valence-electron chi connectivity index (χ2n) is 10.1. The van der Waals surface area contributed by atoms with E-state index < -0.39 is 28.5 Å². The lowest BCUT2D eigenvalue weighted by molar-refractivity contribution is -0.141. The predicted molar refractivity (Wildman–Crippen MR) is 155 cm³/mol. The van der Waals surface area contributed by atoms with E-state index in [-0.39, 0.29) is 29.7 Å². The molecule has 1 N–H and O–H groups in total. The van der Waals surface area contributed by atoms with Crippen LogP contribution in [0.2, 0.25) is 5.02 Å². The lowest BCUT2D eigenvalue weighted by atomic mass is 10.0. The van der Waals surface area contributed by atoms with Crippen molar-refractivity contribution in [3.05, 3.63) is 101 Å². The Labute approximate surface area is 236 Å². The minimum absolute atomic E-state index is 0.0304. The van der Waals surface area contributed by atoms with Gasteiger partial charge in [-0.2, -0.15) is 4.31 Å². The zero-order valence-corrected chi connectivity index (χ0v) is 24.4. The minimum atomic E-state index is -3.96. The van der Waals surface area contributed by atoms with Crippen molar-refractivity contribution in [1.82, 2.24) is 14.5 Å². The van der Waals surface area contributed by atoms with Crippen LogP contribution >= 0.6 is 11.6 Å². The van der Waals surface area contributed by atoms with Gasteiger partial charge in [0.1, 0.15) is 6.04 Å². The zero-order chi connectivity index (χ0) is 28.6. The molecule has 0 aromatic heterocycles. The SMILES string of the molecule is Cc1ccc(CN(C(=O)CN(C)S(=O)(=O)c2ccc(Cl)cc2)[C@H](Cc2ccccc2)C(=O)NCC(C)C)cc1. The molecule has 0 fully saturated rings. The fraction of sp³-hybridized carbons (Fsp3) is 0.333. The van der Waals surface area contributed by atoms with Crippen molar-refractivity contribution in [2.45, 2.75) is 44.7 Å². The van der Waals surface area contributed by atoms with Gasteiger partial charge in [-0.1, -0.05) is 85.6 Å². The van der Waals surface area contributed by atoms with E-state index in [0.29, 0.717) is 11.6 Å². The summed E-state index contributed by atoms with van der Waals surface area (Å²) in [6.07, 6.45) is 0.288. The second kappa shape index (κ2) is 13.7. The van der Waals surface area contributed by atoms with Gasteiger partial charge in [0.05, 0.1) is 11.4 Å². The van der Waals surface area contributed by atoms with Crippen molar-refractivity contribution in [2.24, 2.45) is 5.92 Å². The van der Waals surface area contributed by atoms with Crippen LogP contribution in [0.4, 0.5) is 0 Å². The molecule has 3 aromatic rings. The average molecular weight is 570 g/mol. The summed E-state index contributed by atoms with van der Waals surface area (Å²) in [7, 11) is -2.60. The van der Waals surface area contributed by atoms with Gasteiger partial charge in [0.25, 0.3) is 0 Å². The van der Waals surface area contributed by atoms with Crippen LogP contribution in [-0.4, -0.2) is 55.6 Å². The quantitative estimate of drug-likeness (QED) is 0.343. The van der Waals surface area contributed by atoms with E-state index in [4.69, 9.17) is 11.6 Å². The first-order chi connectivity index (χ1) is 18.5. The van der Waals surface area contributed by atoms with E-state index in [1.807, 2.05) is 75.4 Å². The molecule has 208 valence electrons. The average Bonchev–Trinajstić information content (AvgIpc) is 2.91. The second-order valence-corrected chi connectivity index (χ2v) is 12.5. The van der Waals surface area contributed by atoms with E-state index in [1.54, 1.807) is 0 Å². The van der Waals surface area contributed by atoms with Gasteiger partial charge < -0.3 is 10.2 Å². The third-order valence-corrected chi connectivity index (χ3v) is 8.38. The number of nitrogens with one attached hydrogen (secondary N) is 1. The smallest absolute Gasteiger partial charge is 0.243 e. The molecule has 0 spiro atoms. The molecule has 1 atom stereocenters. The fourth-order valence-corrected chi connectivity index (χ4v) is 5.27. The number of benzene rings is 3. The first kappa shape index (κ1) is 30.3. The molecule has 7 nitrogen and oxygen atoms in total. The van der Waals surface area contributed by atoms with E-state index in [0.717, 1.165) is 21.0 Å². The van der Waals surface area contributed by atoms with E-state index in [1.165, 1.54) is 36.2 Å². The molecule has 9 heteroatoms. The predicted octanol–water partition coefficient (Wildman–Crippen LogP) is 4.68. The third kappa shape index (κ3) is 8.65. The van der Waals surface area contributed by atoms with Gasteiger partial charge in [-0.3, -0.25) is 9.59 Å². The van der Waals surface area contributed by atoms with Crippen LogP contribution in [0.3, 0.4) is 0 Å². The van der Waals surface area contributed by atoms with Gasteiger partial charge in [0.2, 0.25) is 21.8 Å². The number of nitrogens with zero attached hydrogens (tertiary/aromatic N) is 2. The monoisotopic (exact) mass is 569 g/mol. The minimum Gasteiger partial charge on any atom is -0.354 e. The van der Waals surface area contributed by atoms with Crippen molar-refractivity contribution in [2.75, 3.05) is 20.1 Å². The Bertz CT molecular complexity index is 1350. The van der Waals surface area contributed by atoms with Gasteiger partial charge in [0.15, 0.2) is 0 Å². The van der Waals surface area contributed by atoms with Crippen molar-refractivity contribution in [3.63, 3.8) is 0 Å². The molecular weight excluding hydrogens is 534 g/mol. The molecule has 2 amide bonds. The van der Waals surface area contributed by atoms with E-state index in [2.05, 4.69) is 5.32 Å². The van der Waals surface area contributed by atoms with Crippen molar-refractivity contribution in [3.8, 4) is 0 Å². The summed E-state index contributed by atoms with van der Waals surface area (Å²) in [4.78, 5) is 28.9. The number of aryl methyl sites for hydroxylation is 1. The van der Waals surface area contributed by atoms with Gasteiger partial charge in [-0.05, 0) is 48.2 Å². The molecule has 0 heterocycles. The Balaban J connectivity index is 1.96. The van der Waals surface area contributed by atoms with Crippen LogP contribution in [0.15, 0.2) is 83.8 Å². The molecule has 0 bridgehead atoms. The number of hydrogen-bond acceptors (Lipinski definition) is 4. The van der Waals surface area contributed by atoms with Gasteiger partial charge in [0, 0.05) is 31.6 Å². The molecule has 0 aliphatic heterocycles. The van der Waals surface area contributed by atoms with Crippen LogP contribution in [0.25, 0.3) is 0 Å². The molecular formula is C30H36ClN3O4S. The summed E-state index contributed by atoms with van der Waals surface area (Å²) in [6.45, 7) is 6.15. The molecule has 0 saturated carbocycles. The lowest BCUT2D eigenvalue weighted by Crippen LogP contribution is -2.53. The zero-order valence-electron chi connectivity index (χ0n) is 22.8. The topological polar surface area (TPSA) is 86.8 Å². The maximum Gasteiger partial charge on any atom is 0.243 e. The first-order valence-electron chi connectivity index (χ1n) is 12.9. The Hall–Kier alpha value is -3.20. The maximum atomic E-state index is 13.9. The van der Waals surface area contributed by atoms with Crippen molar-refractivity contribution >= 4 is 33.4 Å². The molecule has 3 aromatic carbocycles. The van der Waals surface area contributed by atoms with Crippen LogP contribution in [0.5, 0.6) is 0 Å². The molecule has 39 heavy (non-hydrogen) atoms. The summed E-state index contributed by atoms with van der Waals surface area (Å²) >= 11 is 5.92. The number of carbonyl (C=O) groups excluding carboxylic acids is 2. The van der Waals surface area contributed by atoms with Crippen molar-refractivity contribution < 1.29 is 18.0 Å². The third-order valence-electron chi connectivity index (χ3n) is 6.31. The standard InChI is InChI=1S/C30H36ClN3O4S/c1-22(2)19-32-30(36)28(18-24-8-6-5-7-9-24)34(20-25-12-10-23(3)11-13-25)29(35)21-33(4)39(37,38)27-16-14-26(31)15-17-27/h5-17,22,28H,18-21H2,1-4H3,(H,32,36)/t28-/m1/s1. The Kier molecular flexibility index (Phi) is 10.7. The van der Waals surface area contributed by atoms with Crippen LogP contribution in [0.1, 0.15) is 30.5 Å². The molecule has 0 aliphatic carbocycles. The van der Waals surface area contributed by atoms with Gasteiger partial charge in [-0.25, -0.2) is 8.42 Å². The molecule has 0 unspecified atom stereocenters. The summed E-state index contributed by atoms with van der Waals surface area (Å²) in [5.74, 6) is -0.532. The summed E-state index contributed by atoms with van der Waals surface area (Å²) in [6, 6.07) is 22.1. The highest BCUT2D eigenvalue weighted by molar-refractivity contribution is 7.89. The lowest BCUT2D eigenvalue weighted by Gasteiger charge is -2.33. The normalized spacial score (nSPS) is 12.4. The molecule has 0 saturated heterocycles. The number of likely N-dealkylation sites (N-methyl/N-ethyl adjacent to an activating group) is 1. The number of amides is 2. The van der Waals surface area contributed by atoms with Gasteiger partial charge in [-0.15, -0.1) is 0 Å². The number of carbonyl (C=O) groups is 2. The summed E-state index contributed by atoms with van der Waals surface area (Å²) in [5, 5.41) is 3.38.